The van der Waals surface area contributed by atoms with E-state index in [-0.39, 0.29) is 18.6 Å². The Hall–Kier alpha value is -2.04. The third kappa shape index (κ3) is 4.08. The van der Waals surface area contributed by atoms with E-state index in [1.807, 2.05) is 35.2 Å². The van der Waals surface area contributed by atoms with Crippen molar-refractivity contribution >= 4 is 23.2 Å². The van der Waals surface area contributed by atoms with Gasteiger partial charge in [-0.3, -0.25) is 4.79 Å². The van der Waals surface area contributed by atoms with Crippen molar-refractivity contribution in [2.45, 2.75) is 12.5 Å². The molecule has 1 saturated heterocycles. The van der Waals surface area contributed by atoms with Crippen molar-refractivity contribution in [2.24, 2.45) is 0 Å². The Kier molecular flexibility index (Phi) is 5.38. The molecule has 0 spiro atoms. The van der Waals surface area contributed by atoms with Crippen LogP contribution in [0.5, 0.6) is 5.75 Å². The molecule has 0 N–H and O–H groups in total. The highest BCUT2D eigenvalue weighted by Crippen LogP contribution is 2.23. The average molecular weight is 345 g/mol. The van der Waals surface area contributed by atoms with Gasteiger partial charge in [0.2, 0.25) is 0 Å². The van der Waals surface area contributed by atoms with Gasteiger partial charge in [0.1, 0.15) is 5.75 Å². The summed E-state index contributed by atoms with van der Waals surface area (Å²) in [6, 6.07) is 17.0. The zero-order valence-corrected chi connectivity index (χ0v) is 14.4. The molecule has 0 aromatic heterocycles. The first-order valence-electron chi connectivity index (χ1n) is 8.07. The van der Waals surface area contributed by atoms with Gasteiger partial charge in [-0.2, -0.15) is 0 Å². The molecule has 0 bridgehead atoms. The lowest BCUT2D eigenvalue weighted by Gasteiger charge is -2.29. The van der Waals surface area contributed by atoms with E-state index in [2.05, 4.69) is 11.9 Å². The molecule has 2 aromatic carbocycles. The molecule has 1 fully saturated rings. The van der Waals surface area contributed by atoms with Crippen LogP contribution in [0.4, 0.5) is 5.69 Å². The number of halogens is 1. The SMILES string of the molecule is CN1CCC(N(C(=O)COc2ccc(Cl)cc2)c2ccccc2)C1. The predicted molar refractivity (Wildman–Crippen MR) is 96.8 cm³/mol. The smallest absolute Gasteiger partial charge is 0.265 e. The number of ether oxygens (including phenoxy) is 1. The molecular formula is C19H21ClN2O2. The number of amides is 1. The molecule has 1 heterocycles. The molecule has 1 amide bonds. The molecule has 5 heteroatoms. The molecule has 2 aromatic rings. The Morgan fingerprint density at radius 3 is 2.54 bits per heavy atom. The monoisotopic (exact) mass is 344 g/mol. The minimum Gasteiger partial charge on any atom is -0.484 e. The fourth-order valence-corrected chi connectivity index (χ4v) is 3.14. The number of rotatable bonds is 5. The van der Waals surface area contributed by atoms with E-state index < -0.39 is 0 Å². The van der Waals surface area contributed by atoms with Crippen LogP contribution in [0.3, 0.4) is 0 Å². The number of hydrogen-bond acceptors (Lipinski definition) is 3. The number of likely N-dealkylation sites (tertiary alicyclic amines) is 1. The van der Waals surface area contributed by atoms with E-state index in [4.69, 9.17) is 16.3 Å². The molecule has 3 rings (SSSR count). The van der Waals surface area contributed by atoms with Gasteiger partial charge in [-0.05, 0) is 56.4 Å². The third-order valence-electron chi connectivity index (χ3n) is 4.21. The molecule has 0 saturated carbocycles. The molecule has 1 unspecified atom stereocenters. The molecule has 0 aliphatic carbocycles. The number of benzene rings is 2. The summed E-state index contributed by atoms with van der Waals surface area (Å²) < 4.78 is 5.65. The lowest BCUT2D eigenvalue weighted by Crippen LogP contribution is -2.44. The van der Waals surface area contributed by atoms with Crippen LogP contribution in [0.2, 0.25) is 5.02 Å². The summed E-state index contributed by atoms with van der Waals surface area (Å²) in [5.74, 6) is 0.612. The number of nitrogens with zero attached hydrogens (tertiary/aromatic N) is 2. The second kappa shape index (κ2) is 7.69. The summed E-state index contributed by atoms with van der Waals surface area (Å²) in [6.07, 6.45) is 0.970. The predicted octanol–water partition coefficient (Wildman–Crippen LogP) is 3.46. The molecule has 126 valence electrons. The highest BCUT2D eigenvalue weighted by Gasteiger charge is 2.30. The van der Waals surface area contributed by atoms with Crippen molar-refractivity contribution in [2.75, 3.05) is 31.6 Å². The van der Waals surface area contributed by atoms with Crippen LogP contribution >= 0.6 is 11.6 Å². The number of carbonyl (C=O) groups excluding carboxylic acids is 1. The quantitative estimate of drug-likeness (QED) is 0.832. The molecule has 1 aliphatic heterocycles. The van der Waals surface area contributed by atoms with Gasteiger partial charge < -0.3 is 14.5 Å². The minimum absolute atomic E-state index is 0.0107. The Bertz CT molecular complexity index is 676. The van der Waals surface area contributed by atoms with Crippen molar-refractivity contribution < 1.29 is 9.53 Å². The number of likely N-dealkylation sites (N-methyl/N-ethyl adjacent to an activating group) is 1. The fraction of sp³-hybridized carbons (Fsp3) is 0.316. The summed E-state index contributed by atoms with van der Waals surface area (Å²) in [5, 5.41) is 0.647. The van der Waals surface area contributed by atoms with Crippen molar-refractivity contribution in [3.63, 3.8) is 0 Å². The maximum atomic E-state index is 12.8. The van der Waals surface area contributed by atoms with Crippen LogP contribution in [0.1, 0.15) is 6.42 Å². The summed E-state index contributed by atoms with van der Waals surface area (Å²) in [7, 11) is 2.08. The largest absolute Gasteiger partial charge is 0.484 e. The van der Waals surface area contributed by atoms with Crippen LogP contribution in [-0.4, -0.2) is 43.6 Å². The summed E-state index contributed by atoms with van der Waals surface area (Å²) >= 11 is 5.87. The Balaban J connectivity index is 1.72. The average Bonchev–Trinajstić information content (AvgIpc) is 3.01. The molecule has 4 nitrogen and oxygen atoms in total. The number of anilines is 1. The van der Waals surface area contributed by atoms with Gasteiger partial charge in [0.05, 0.1) is 6.04 Å². The van der Waals surface area contributed by atoms with Crippen molar-refractivity contribution in [3.8, 4) is 5.75 Å². The molecule has 24 heavy (non-hydrogen) atoms. The minimum atomic E-state index is -0.0311. The lowest BCUT2D eigenvalue weighted by atomic mass is 10.2. The number of hydrogen-bond donors (Lipinski definition) is 0. The van der Waals surface area contributed by atoms with Crippen LogP contribution in [0.15, 0.2) is 54.6 Å². The Labute approximate surface area is 147 Å². The summed E-state index contributed by atoms with van der Waals surface area (Å²) in [4.78, 5) is 17.0. The highest BCUT2D eigenvalue weighted by atomic mass is 35.5. The van der Waals surface area contributed by atoms with Crippen LogP contribution < -0.4 is 9.64 Å². The first-order valence-corrected chi connectivity index (χ1v) is 8.45. The third-order valence-corrected chi connectivity index (χ3v) is 4.46. The van der Waals surface area contributed by atoms with Gasteiger partial charge >= 0.3 is 0 Å². The first-order chi connectivity index (χ1) is 11.6. The normalized spacial score (nSPS) is 17.7. The van der Waals surface area contributed by atoms with Gasteiger partial charge in [0, 0.05) is 17.3 Å². The number of para-hydroxylation sites is 1. The van der Waals surface area contributed by atoms with Crippen molar-refractivity contribution in [1.82, 2.24) is 4.90 Å². The van der Waals surface area contributed by atoms with Crippen molar-refractivity contribution in [1.29, 1.82) is 0 Å². The zero-order chi connectivity index (χ0) is 16.9. The second-order valence-electron chi connectivity index (χ2n) is 6.05. The van der Waals surface area contributed by atoms with Crippen LogP contribution in [0.25, 0.3) is 0 Å². The number of carbonyl (C=O) groups is 1. The van der Waals surface area contributed by atoms with E-state index >= 15 is 0 Å². The standard InChI is InChI=1S/C19H21ClN2O2/c1-21-12-11-17(13-21)22(16-5-3-2-4-6-16)19(23)14-24-18-9-7-15(20)8-10-18/h2-10,17H,11-14H2,1H3. The van der Waals surface area contributed by atoms with Crippen molar-refractivity contribution in [3.05, 3.63) is 59.6 Å². The maximum Gasteiger partial charge on any atom is 0.265 e. The molecule has 1 aliphatic rings. The molecule has 1 atom stereocenters. The van der Waals surface area contributed by atoms with Gasteiger partial charge in [-0.1, -0.05) is 29.8 Å². The highest BCUT2D eigenvalue weighted by molar-refractivity contribution is 6.30. The fourth-order valence-electron chi connectivity index (χ4n) is 3.01. The lowest BCUT2D eigenvalue weighted by molar-refractivity contribution is -0.121. The maximum absolute atomic E-state index is 12.8. The van der Waals surface area contributed by atoms with E-state index in [9.17, 15) is 4.79 Å². The van der Waals surface area contributed by atoms with Gasteiger partial charge in [-0.25, -0.2) is 0 Å². The zero-order valence-electron chi connectivity index (χ0n) is 13.7. The van der Waals surface area contributed by atoms with Gasteiger partial charge in [-0.15, -0.1) is 0 Å². The summed E-state index contributed by atoms with van der Waals surface area (Å²) in [6.45, 7) is 1.89. The van der Waals surface area contributed by atoms with Crippen LogP contribution in [-0.2, 0) is 4.79 Å². The van der Waals surface area contributed by atoms with Gasteiger partial charge in [0.15, 0.2) is 6.61 Å². The second-order valence-corrected chi connectivity index (χ2v) is 6.48. The first kappa shape index (κ1) is 16.8. The molecule has 0 radical (unpaired) electrons. The van der Waals surface area contributed by atoms with E-state index in [1.165, 1.54) is 0 Å². The van der Waals surface area contributed by atoms with E-state index in [1.54, 1.807) is 24.3 Å². The van der Waals surface area contributed by atoms with Crippen LogP contribution in [0, 0.1) is 0 Å². The topological polar surface area (TPSA) is 32.8 Å². The Morgan fingerprint density at radius 1 is 1.21 bits per heavy atom. The van der Waals surface area contributed by atoms with Gasteiger partial charge in [0.25, 0.3) is 5.91 Å². The molecular weight excluding hydrogens is 324 g/mol. The van der Waals surface area contributed by atoms with E-state index in [0.717, 1.165) is 25.2 Å². The van der Waals surface area contributed by atoms with E-state index in [0.29, 0.717) is 10.8 Å². The Morgan fingerprint density at radius 2 is 1.92 bits per heavy atom. The summed E-state index contributed by atoms with van der Waals surface area (Å²) in [5.41, 5.74) is 0.919.